The van der Waals surface area contributed by atoms with Crippen molar-refractivity contribution < 1.29 is 9.47 Å². The number of aromatic amines is 2. The number of H-pyrrole nitrogens is 2. The van der Waals surface area contributed by atoms with Crippen molar-refractivity contribution in [3.05, 3.63) is 119 Å². The molecule has 6 nitrogen and oxygen atoms in total. The molecule has 3 aromatic heterocycles. The molecule has 176 valence electrons. The van der Waals surface area contributed by atoms with Gasteiger partial charge in [-0.3, -0.25) is 10.1 Å². The van der Waals surface area contributed by atoms with Crippen LogP contribution in [-0.4, -0.2) is 27.3 Å². The van der Waals surface area contributed by atoms with Gasteiger partial charge in [-0.2, -0.15) is 5.10 Å². The number of nitrogens with zero attached hydrogens (tertiary/aromatic N) is 2. The molecule has 0 amide bonds. The predicted octanol–water partition coefficient (Wildman–Crippen LogP) is 6.56. The third-order valence-electron chi connectivity index (χ3n) is 5.12. The maximum atomic E-state index is 5.91. The van der Waals surface area contributed by atoms with Crippen LogP contribution in [0.3, 0.4) is 0 Å². The van der Waals surface area contributed by atoms with Crippen molar-refractivity contribution in [3.8, 4) is 11.5 Å². The molecule has 2 N–H and O–H groups in total. The zero-order chi connectivity index (χ0) is 24.3. The van der Waals surface area contributed by atoms with Crippen LogP contribution >= 0.6 is 0 Å². The Hall–Kier alpha value is -4.58. The minimum absolute atomic E-state index is 0.403. The van der Waals surface area contributed by atoms with E-state index in [2.05, 4.69) is 32.3 Å². The lowest BCUT2D eigenvalue weighted by atomic mass is 10.1. The van der Waals surface area contributed by atoms with Crippen LogP contribution in [0.15, 0.2) is 90.8 Å². The molecule has 0 aliphatic carbocycles. The van der Waals surface area contributed by atoms with Gasteiger partial charge in [0, 0.05) is 23.7 Å². The van der Waals surface area contributed by atoms with Gasteiger partial charge in [0.05, 0.1) is 24.2 Å². The normalized spacial score (nSPS) is 12.2. The molecule has 0 aliphatic heterocycles. The zero-order valence-electron chi connectivity index (χ0n) is 19.8. The van der Waals surface area contributed by atoms with E-state index < -0.39 is 0 Å². The van der Waals surface area contributed by atoms with Gasteiger partial charge in [0.15, 0.2) is 0 Å². The summed E-state index contributed by atoms with van der Waals surface area (Å²) in [4.78, 5) is 7.49. The van der Waals surface area contributed by atoms with Gasteiger partial charge in [0.2, 0.25) is 0 Å². The lowest BCUT2D eigenvalue weighted by Crippen LogP contribution is -1.98. The van der Waals surface area contributed by atoms with E-state index in [0.29, 0.717) is 6.61 Å². The van der Waals surface area contributed by atoms with E-state index in [0.717, 1.165) is 45.4 Å². The molecule has 0 aliphatic rings. The molecular formula is C29H28N4O2. The summed E-state index contributed by atoms with van der Waals surface area (Å²) in [5.74, 6) is 1.51. The van der Waals surface area contributed by atoms with E-state index in [1.165, 1.54) is 0 Å². The highest BCUT2D eigenvalue weighted by Crippen LogP contribution is 2.26. The van der Waals surface area contributed by atoms with Crippen molar-refractivity contribution >= 4 is 24.3 Å². The summed E-state index contributed by atoms with van der Waals surface area (Å²) in [5.41, 5.74) is 5.62. The molecule has 0 unspecified atom stereocenters. The largest absolute Gasteiger partial charge is 0.496 e. The number of rotatable bonds is 10. The minimum atomic E-state index is 0.403. The Bertz CT molecular complexity index is 1330. The van der Waals surface area contributed by atoms with Crippen LogP contribution in [0.2, 0.25) is 0 Å². The lowest BCUT2D eigenvalue weighted by Gasteiger charge is -2.09. The van der Waals surface area contributed by atoms with Crippen LogP contribution < -0.4 is 9.47 Å². The molecule has 0 spiro atoms. The average Bonchev–Trinajstić information content (AvgIpc) is 3.58. The molecule has 4 aromatic rings. The van der Waals surface area contributed by atoms with E-state index in [1.807, 2.05) is 98.1 Å². The van der Waals surface area contributed by atoms with Crippen LogP contribution in [0.4, 0.5) is 0 Å². The quantitative estimate of drug-likeness (QED) is 0.261. The highest BCUT2D eigenvalue weighted by Gasteiger charge is 2.04. The number of hydrogen-bond donors (Lipinski definition) is 2. The van der Waals surface area contributed by atoms with Crippen LogP contribution in [-0.2, 0) is 6.61 Å². The highest BCUT2D eigenvalue weighted by atomic mass is 16.5. The third-order valence-corrected chi connectivity index (χ3v) is 5.12. The third kappa shape index (κ3) is 6.95. The molecule has 0 saturated heterocycles. The molecule has 6 heteroatoms. The second kappa shape index (κ2) is 12.0. The summed E-state index contributed by atoms with van der Waals surface area (Å²) in [6.07, 6.45) is 17.8. The van der Waals surface area contributed by atoms with Gasteiger partial charge < -0.3 is 14.5 Å². The first-order chi connectivity index (χ1) is 17.2. The van der Waals surface area contributed by atoms with Crippen LogP contribution in [0, 0.1) is 0 Å². The number of aromatic nitrogens is 4. The maximum Gasteiger partial charge on any atom is 0.130 e. The number of benzene rings is 1. The number of nitrogens with one attached hydrogen (secondary N) is 2. The van der Waals surface area contributed by atoms with Crippen molar-refractivity contribution in [2.75, 3.05) is 7.11 Å². The van der Waals surface area contributed by atoms with Gasteiger partial charge in [-0.1, -0.05) is 24.3 Å². The van der Waals surface area contributed by atoms with E-state index in [9.17, 15) is 0 Å². The second-order valence-corrected chi connectivity index (χ2v) is 7.70. The van der Waals surface area contributed by atoms with E-state index in [1.54, 1.807) is 13.3 Å². The van der Waals surface area contributed by atoms with Gasteiger partial charge in [-0.25, -0.2) is 0 Å². The summed E-state index contributed by atoms with van der Waals surface area (Å²) >= 11 is 0. The predicted molar refractivity (Wildman–Crippen MR) is 142 cm³/mol. The van der Waals surface area contributed by atoms with Gasteiger partial charge in [0.25, 0.3) is 0 Å². The Labute approximate surface area is 205 Å². The fraction of sp³-hybridized carbons (Fsp3) is 0.103. The molecule has 0 atom stereocenters. The summed E-state index contributed by atoms with van der Waals surface area (Å²) in [7, 11) is 1.66. The molecule has 3 heterocycles. The summed E-state index contributed by atoms with van der Waals surface area (Å²) in [5, 5.41) is 7.46. The van der Waals surface area contributed by atoms with Crippen molar-refractivity contribution in [1.82, 2.24) is 20.2 Å². The number of pyridine rings is 1. The SMILES string of the molecule is C\C=C/C(/C=C/c1cc(/C=C/c2cc(OCc3ccccn3)ccc2OC)[nH]n1)=C\c1ccc[nH]1. The monoisotopic (exact) mass is 464 g/mol. The first-order valence-corrected chi connectivity index (χ1v) is 11.3. The van der Waals surface area contributed by atoms with Crippen molar-refractivity contribution in [2.45, 2.75) is 13.5 Å². The fourth-order valence-corrected chi connectivity index (χ4v) is 3.42. The Morgan fingerprint density at radius 1 is 0.971 bits per heavy atom. The molecule has 0 fully saturated rings. The van der Waals surface area contributed by atoms with Crippen LogP contribution in [0.25, 0.3) is 24.3 Å². The molecule has 4 rings (SSSR count). The standard InChI is InChI=1S/C29H28N4O2/c1-3-7-22(18-24-9-6-17-30-24)10-12-25-20-26(33-32-25)13-11-23-19-28(14-15-29(23)34-2)35-21-27-8-4-5-16-31-27/h3-20,30H,21H2,1-2H3,(H,32,33)/b7-3-,12-10+,13-11+,22-18+. The van der Waals surface area contributed by atoms with Crippen LogP contribution in [0.1, 0.15) is 35.3 Å². The maximum absolute atomic E-state index is 5.91. The van der Waals surface area contributed by atoms with E-state index >= 15 is 0 Å². The summed E-state index contributed by atoms with van der Waals surface area (Å²) in [6.45, 7) is 2.40. The van der Waals surface area contributed by atoms with Gasteiger partial charge in [-0.05, 0) is 85.3 Å². The fourth-order valence-electron chi connectivity index (χ4n) is 3.42. The number of allylic oxidation sites excluding steroid dienone is 4. The van der Waals surface area contributed by atoms with Gasteiger partial charge >= 0.3 is 0 Å². The Morgan fingerprint density at radius 2 is 1.91 bits per heavy atom. The first-order valence-electron chi connectivity index (χ1n) is 11.3. The lowest BCUT2D eigenvalue weighted by molar-refractivity contribution is 0.300. The minimum Gasteiger partial charge on any atom is -0.496 e. The van der Waals surface area contributed by atoms with Crippen molar-refractivity contribution in [3.63, 3.8) is 0 Å². The summed E-state index contributed by atoms with van der Waals surface area (Å²) in [6, 6.07) is 17.5. The van der Waals surface area contributed by atoms with Gasteiger partial charge in [-0.15, -0.1) is 0 Å². The Balaban J connectivity index is 1.45. The van der Waals surface area contributed by atoms with E-state index in [4.69, 9.17) is 9.47 Å². The molecule has 0 bridgehead atoms. The molecular weight excluding hydrogens is 436 g/mol. The van der Waals surface area contributed by atoms with Crippen molar-refractivity contribution in [1.29, 1.82) is 0 Å². The smallest absolute Gasteiger partial charge is 0.130 e. The number of ether oxygens (including phenoxy) is 2. The second-order valence-electron chi connectivity index (χ2n) is 7.70. The molecule has 1 aromatic carbocycles. The summed E-state index contributed by atoms with van der Waals surface area (Å²) < 4.78 is 11.4. The molecule has 0 saturated carbocycles. The van der Waals surface area contributed by atoms with Crippen LogP contribution in [0.5, 0.6) is 11.5 Å². The Morgan fingerprint density at radius 3 is 2.69 bits per heavy atom. The topological polar surface area (TPSA) is 75.8 Å². The Kier molecular flexibility index (Phi) is 8.11. The van der Waals surface area contributed by atoms with Crippen molar-refractivity contribution in [2.24, 2.45) is 0 Å². The number of methoxy groups -OCH3 is 1. The van der Waals surface area contributed by atoms with E-state index in [-0.39, 0.29) is 0 Å². The van der Waals surface area contributed by atoms with Gasteiger partial charge in [0.1, 0.15) is 18.1 Å². The molecule has 0 radical (unpaired) electrons. The average molecular weight is 465 g/mol. The zero-order valence-corrected chi connectivity index (χ0v) is 19.8. The first kappa shape index (κ1) is 23.6. The number of hydrogen-bond acceptors (Lipinski definition) is 4. The molecule has 35 heavy (non-hydrogen) atoms. The highest BCUT2D eigenvalue weighted by molar-refractivity contribution is 5.73.